The second-order valence-corrected chi connectivity index (χ2v) is 4.48. The molecule has 2 fully saturated rings. The molecule has 0 aromatic rings. The van der Waals surface area contributed by atoms with Crippen LogP contribution in [0.25, 0.3) is 0 Å². The normalized spacial score (nSPS) is 27.8. The molecule has 70 valence electrons. The number of nitrogens with one attached hydrogen (secondary N) is 1. The maximum atomic E-state index is 3.65. The molecule has 1 aliphatic heterocycles. The fourth-order valence-electron chi connectivity index (χ4n) is 2.38. The maximum Gasteiger partial charge on any atom is 0.0322 e. The Morgan fingerprint density at radius 1 is 1.25 bits per heavy atom. The van der Waals surface area contributed by atoms with Crippen LogP contribution in [0, 0.1) is 5.92 Å². The number of likely N-dealkylation sites (N-methyl/N-ethyl adjacent to an activating group) is 1. The van der Waals surface area contributed by atoms with E-state index in [4.69, 9.17) is 0 Å². The van der Waals surface area contributed by atoms with E-state index in [0.29, 0.717) is 0 Å². The van der Waals surface area contributed by atoms with Gasteiger partial charge in [-0.25, -0.2) is 0 Å². The molecule has 2 nitrogen and oxygen atoms in total. The third kappa shape index (κ3) is 1.99. The number of hydrogen-bond donors (Lipinski definition) is 1. The van der Waals surface area contributed by atoms with Gasteiger partial charge in [-0.2, -0.15) is 0 Å². The van der Waals surface area contributed by atoms with Gasteiger partial charge in [0.05, 0.1) is 0 Å². The summed E-state index contributed by atoms with van der Waals surface area (Å²) in [4.78, 5) is 2.37. The van der Waals surface area contributed by atoms with E-state index in [9.17, 15) is 0 Å². The first-order valence-corrected chi connectivity index (χ1v) is 5.26. The van der Waals surface area contributed by atoms with Crippen molar-refractivity contribution in [3.05, 3.63) is 0 Å². The Morgan fingerprint density at radius 3 is 2.50 bits per heavy atom. The van der Waals surface area contributed by atoms with Crippen molar-refractivity contribution in [1.82, 2.24) is 10.2 Å². The van der Waals surface area contributed by atoms with Crippen LogP contribution in [-0.4, -0.2) is 37.6 Å². The second kappa shape index (κ2) is 3.75. The smallest absolute Gasteiger partial charge is 0.0322 e. The Balaban J connectivity index is 1.56. The minimum Gasteiger partial charge on any atom is -0.311 e. The molecule has 0 atom stereocenters. The Morgan fingerprint density at radius 2 is 1.92 bits per heavy atom. The Labute approximate surface area is 75.3 Å². The molecule has 1 aliphatic carbocycles. The quantitative estimate of drug-likeness (QED) is 0.678. The van der Waals surface area contributed by atoms with Crippen LogP contribution in [-0.2, 0) is 0 Å². The highest BCUT2D eigenvalue weighted by Crippen LogP contribution is 2.24. The predicted octanol–water partition coefficient (Wildman–Crippen LogP) is 1.08. The van der Waals surface area contributed by atoms with Crippen LogP contribution in [0.5, 0.6) is 0 Å². The topological polar surface area (TPSA) is 15.3 Å². The van der Waals surface area contributed by atoms with E-state index >= 15 is 0 Å². The number of likely N-dealkylation sites (tertiary alicyclic amines) is 1. The van der Waals surface area contributed by atoms with Gasteiger partial charge in [0.15, 0.2) is 0 Å². The lowest BCUT2D eigenvalue weighted by Gasteiger charge is -2.37. The van der Waals surface area contributed by atoms with E-state index in [-0.39, 0.29) is 0 Å². The summed E-state index contributed by atoms with van der Waals surface area (Å²) in [6.07, 6.45) is 5.87. The summed E-state index contributed by atoms with van der Waals surface area (Å²) < 4.78 is 0. The summed E-state index contributed by atoms with van der Waals surface area (Å²) in [6, 6.07) is 0.801. The average Bonchev–Trinajstić information content (AvgIpc) is 2.47. The molecule has 0 spiro atoms. The molecule has 0 unspecified atom stereocenters. The zero-order chi connectivity index (χ0) is 8.39. The number of rotatable bonds is 3. The van der Waals surface area contributed by atoms with Gasteiger partial charge in [-0.05, 0) is 32.4 Å². The molecule has 2 heteroatoms. The maximum absolute atomic E-state index is 3.65. The molecule has 1 saturated carbocycles. The highest BCUT2D eigenvalue weighted by Gasteiger charge is 2.24. The van der Waals surface area contributed by atoms with Gasteiger partial charge in [-0.1, -0.05) is 12.8 Å². The van der Waals surface area contributed by atoms with Gasteiger partial charge in [0.25, 0.3) is 0 Å². The summed E-state index contributed by atoms with van der Waals surface area (Å²) >= 11 is 0. The first kappa shape index (κ1) is 8.52. The summed E-state index contributed by atoms with van der Waals surface area (Å²) in [5.74, 6) is 0.996. The standard InChI is InChI=1S/C10H20N2/c1-12-7-10(8-12)11-6-9-4-2-3-5-9/h9-11H,2-8H2,1H3. The van der Waals surface area contributed by atoms with E-state index in [1.807, 2.05) is 0 Å². The third-order valence-electron chi connectivity index (χ3n) is 3.23. The van der Waals surface area contributed by atoms with Crippen molar-refractivity contribution in [2.24, 2.45) is 5.92 Å². The first-order chi connectivity index (χ1) is 5.84. The number of nitrogens with zero attached hydrogens (tertiary/aromatic N) is 1. The SMILES string of the molecule is CN1CC(NCC2CCCC2)C1. The molecule has 2 rings (SSSR count). The molecule has 1 saturated heterocycles. The lowest BCUT2D eigenvalue weighted by Crippen LogP contribution is -2.56. The minimum absolute atomic E-state index is 0.801. The van der Waals surface area contributed by atoms with Crippen LogP contribution in [0.1, 0.15) is 25.7 Å². The van der Waals surface area contributed by atoms with E-state index < -0.39 is 0 Å². The van der Waals surface area contributed by atoms with Crippen LogP contribution in [0.15, 0.2) is 0 Å². The van der Waals surface area contributed by atoms with Gasteiger partial charge in [0, 0.05) is 19.1 Å². The van der Waals surface area contributed by atoms with Crippen molar-refractivity contribution in [3.63, 3.8) is 0 Å². The molecule has 0 aromatic carbocycles. The van der Waals surface area contributed by atoms with Crippen molar-refractivity contribution in [2.75, 3.05) is 26.7 Å². The fourth-order valence-corrected chi connectivity index (χ4v) is 2.38. The Bertz CT molecular complexity index is 135. The lowest BCUT2D eigenvalue weighted by atomic mass is 10.1. The molecule has 12 heavy (non-hydrogen) atoms. The van der Waals surface area contributed by atoms with Crippen molar-refractivity contribution < 1.29 is 0 Å². The van der Waals surface area contributed by atoms with E-state index in [1.54, 1.807) is 0 Å². The minimum atomic E-state index is 0.801. The molecule has 0 bridgehead atoms. The zero-order valence-electron chi connectivity index (χ0n) is 8.05. The first-order valence-electron chi connectivity index (χ1n) is 5.26. The van der Waals surface area contributed by atoms with Crippen LogP contribution in [0.4, 0.5) is 0 Å². The second-order valence-electron chi connectivity index (χ2n) is 4.48. The largest absolute Gasteiger partial charge is 0.311 e. The van der Waals surface area contributed by atoms with Crippen LogP contribution in [0.2, 0.25) is 0 Å². The Kier molecular flexibility index (Phi) is 2.66. The Hall–Kier alpha value is -0.0800. The van der Waals surface area contributed by atoms with Crippen molar-refractivity contribution >= 4 is 0 Å². The van der Waals surface area contributed by atoms with Crippen molar-refractivity contribution in [2.45, 2.75) is 31.7 Å². The molecule has 0 amide bonds. The van der Waals surface area contributed by atoms with E-state index in [1.165, 1.54) is 45.3 Å². The molecular formula is C10H20N2. The van der Waals surface area contributed by atoms with Crippen molar-refractivity contribution in [3.8, 4) is 0 Å². The average molecular weight is 168 g/mol. The van der Waals surface area contributed by atoms with Crippen LogP contribution < -0.4 is 5.32 Å². The molecular weight excluding hydrogens is 148 g/mol. The summed E-state index contributed by atoms with van der Waals surface area (Å²) in [7, 11) is 2.19. The molecule has 1 N–H and O–H groups in total. The van der Waals surface area contributed by atoms with Crippen molar-refractivity contribution in [1.29, 1.82) is 0 Å². The highest BCUT2D eigenvalue weighted by molar-refractivity contribution is 4.84. The van der Waals surface area contributed by atoms with Gasteiger partial charge in [0.2, 0.25) is 0 Å². The fraction of sp³-hybridized carbons (Fsp3) is 1.00. The van der Waals surface area contributed by atoms with Crippen LogP contribution >= 0.6 is 0 Å². The molecule has 2 aliphatic rings. The van der Waals surface area contributed by atoms with Gasteiger partial charge in [-0.15, -0.1) is 0 Å². The van der Waals surface area contributed by atoms with Gasteiger partial charge in [-0.3, -0.25) is 0 Å². The summed E-state index contributed by atoms with van der Waals surface area (Å²) in [5.41, 5.74) is 0. The summed E-state index contributed by atoms with van der Waals surface area (Å²) in [6.45, 7) is 3.79. The predicted molar refractivity (Wildman–Crippen MR) is 51.2 cm³/mol. The lowest BCUT2D eigenvalue weighted by molar-refractivity contribution is 0.157. The molecule has 1 heterocycles. The molecule has 0 aromatic heterocycles. The van der Waals surface area contributed by atoms with E-state index in [0.717, 1.165) is 12.0 Å². The summed E-state index contributed by atoms with van der Waals surface area (Å²) in [5, 5.41) is 3.65. The van der Waals surface area contributed by atoms with Gasteiger partial charge >= 0.3 is 0 Å². The monoisotopic (exact) mass is 168 g/mol. The highest BCUT2D eigenvalue weighted by atomic mass is 15.2. The number of hydrogen-bond acceptors (Lipinski definition) is 2. The molecule has 0 radical (unpaired) electrons. The third-order valence-corrected chi connectivity index (χ3v) is 3.23. The van der Waals surface area contributed by atoms with E-state index in [2.05, 4.69) is 17.3 Å². The van der Waals surface area contributed by atoms with Gasteiger partial charge in [0.1, 0.15) is 0 Å². The zero-order valence-corrected chi connectivity index (χ0v) is 8.05. The van der Waals surface area contributed by atoms with Gasteiger partial charge < -0.3 is 10.2 Å². The van der Waals surface area contributed by atoms with Crippen LogP contribution in [0.3, 0.4) is 0 Å².